The molecule has 0 fully saturated rings. The molecule has 0 radical (unpaired) electrons. The fourth-order valence-corrected chi connectivity index (χ4v) is 1.60. The summed E-state index contributed by atoms with van der Waals surface area (Å²) in [5.74, 6) is 0. The summed E-state index contributed by atoms with van der Waals surface area (Å²) in [5, 5.41) is 0. The summed E-state index contributed by atoms with van der Waals surface area (Å²) in [6.45, 7) is 1.37. The highest BCUT2D eigenvalue weighted by Gasteiger charge is 2.33. The Labute approximate surface area is 89.3 Å². The zero-order valence-electron chi connectivity index (χ0n) is 7.71. The summed E-state index contributed by atoms with van der Waals surface area (Å²) in [5.41, 5.74) is 0.822. The smallest absolute Gasteiger partial charge is 0.279 e. The van der Waals surface area contributed by atoms with E-state index in [0.717, 1.165) is 5.56 Å². The largest absolute Gasteiger partial charge is 0.284 e. The van der Waals surface area contributed by atoms with E-state index in [-0.39, 0.29) is 6.42 Å². The molecule has 1 atom stereocenters. The van der Waals surface area contributed by atoms with E-state index >= 15 is 0 Å². The van der Waals surface area contributed by atoms with Crippen molar-refractivity contribution in [1.29, 1.82) is 0 Å². The molecule has 3 nitrogen and oxygen atoms in total. The lowest BCUT2D eigenvalue weighted by molar-refractivity contribution is 0.463. The van der Waals surface area contributed by atoms with Crippen LogP contribution in [0.25, 0.3) is 0 Å². The van der Waals surface area contributed by atoms with Gasteiger partial charge in [-0.1, -0.05) is 30.3 Å². The Morgan fingerprint density at radius 2 is 1.86 bits per heavy atom. The van der Waals surface area contributed by atoms with Crippen LogP contribution in [0.1, 0.15) is 12.5 Å². The molecule has 5 heteroatoms. The van der Waals surface area contributed by atoms with E-state index in [1.165, 1.54) is 6.92 Å². The number of rotatable bonds is 3. The molecule has 1 aromatic carbocycles. The van der Waals surface area contributed by atoms with E-state index in [2.05, 4.69) is 12.6 Å². The van der Waals surface area contributed by atoms with Crippen molar-refractivity contribution in [2.75, 3.05) is 0 Å². The van der Waals surface area contributed by atoms with Crippen LogP contribution in [0.3, 0.4) is 0 Å². The zero-order chi connectivity index (χ0) is 10.8. The van der Waals surface area contributed by atoms with Gasteiger partial charge in [-0.25, -0.2) is 0 Å². The van der Waals surface area contributed by atoms with Gasteiger partial charge in [-0.15, -0.1) is 0 Å². The normalized spacial score (nSPS) is 16.2. The van der Waals surface area contributed by atoms with Gasteiger partial charge in [0.05, 0.1) is 0 Å². The third kappa shape index (κ3) is 2.73. The molecule has 14 heavy (non-hydrogen) atoms. The Balaban J connectivity index is 2.90. The average molecular weight is 232 g/mol. The van der Waals surface area contributed by atoms with Crippen molar-refractivity contribution >= 4 is 22.7 Å². The molecular formula is C9H12O3S2. The molecule has 0 saturated heterocycles. The van der Waals surface area contributed by atoms with Crippen LogP contribution >= 0.6 is 12.6 Å². The van der Waals surface area contributed by atoms with Gasteiger partial charge in [-0.3, -0.25) is 4.55 Å². The van der Waals surface area contributed by atoms with Crippen LogP contribution in [0.15, 0.2) is 30.3 Å². The number of hydrogen-bond acceptors (Lipinski definition) is 3. The predicted molar refractivity (Wildman–Crippen MR) is 59.1 cm³/mol. The van der Waals surface area contributed by atoms with Crippen molar-refractivity contribution in [2.45, 2.75) is 17.4 Å². The lowest BCUT2D eigenvalue weighted by Crippen LogP contribution is -2.31. The summed E-state index contributed by atoms with van der Waals surface area (Å²) in [7, 11) is -4.14. The number of benzene rings is 1. The van der Waals surface area contributed by atoms with Crippen molar-refractivity contribution in [2.24, 2.45) is 0 Å². The third-order valence-electron chi connectivity index (χ3n) is 1.93. The fourth-order valence-electron chi connectivity index (χ4n) is 1.07. The molecule has 0 aromatic heterocycles. The molecule has 0 heterocycles. The first-order valence-electron chi connectivity index (χ1n) is 4.06. The van der Waals surface area contributed by atoms with Gasteiger partial charge in [-0.2, -0.15) is 21.0 Å². The summed E-state index contributed by atoms with van der Waals surface area (Å²) in [4.78, 5) is 0. The zero-order valence-corrected chi connectivity index (χ0v) is 9.42. The molecule has 1 aromatic rings. The monoisotopic (exact) mass is 232 g/mol. The molecule has 0 saturated carbocycles. The first-order valence-corrected chi connectivity index (χ1v) is 5.95. The van der Waals surface area contributed by atoms with Crippen molar-refractivity contribution in [1.82, 2.24) is 0 Å². The molecule has 0 amide bonds. The minimum absolute atomic E-state index is 0.176. The Morgan fingerprint density at radius 1 is 1.36 bits per heavy atom. The number of hydrogen-bond donors (Lipinski definition) is 2. The maximum absolute atomic E-state index is 10.9. The molecule has 0 spiro atoms. The Hall–Kier alpha value is -0.520. The van der Waals surface area contributed by atoms with Gasteiger partial charge in [0, 0.05) is 6.42 Å². The standard InChI is InChI=1S/C9H12O3S2/c1-9(13,14(10,11)12)7-8-5-3-2-4-6-8/h2-6,13H,7H2,1H3,(H,10,11,12). The van der Waals surface area contributed by atoms with Gasteiger partial charge in [0.1, 0.15) is 4.08 Å². The third-order valence-corrected chi connectivity index (χ3v) is 4.04. The van der Waals surface area contributed by atoms with Crippen LogP contribution in [0.2, 0.25) is 0 Å². The maximum Gasteiger partial charge on any atom is 0.279 e. The summed E-state index contributed by atoms with van der Waals surface area (Å²) >= 11 is 3.94. The molecular weight excluding hydrogens is 220 g/mol. The summed E-state index contributed by atoms with van der Waals surface area (Å²) < 4.78 is 29.3. The molecule has 1 N–H and O–H groups in total. The second-order valence-electron chi connectivity index (χ2n) is 3.31. The lowest BCUT2D eigenvalue weighted by Gasteiger charge is -2.19. The van der Waals surface area contributed by atoms with E-state index in [1.54, 1.807) is 12.1 Å². The summed E-state index contributed by atoms with van der Waals surface area (Å²) in [6.07, 6.45) is 0.176. The first kappa shape index (κ1) is 11.6. The van der Waals surface area contributed by atoms with Crippen LogP contribution in [-0.2, 0) is 16.5 Å². The van der Waals surface area contributed by atoms with Gasteiger partial charge in [-0.05, 0) is 12.5 Å². The minimum atomic E-state index is -4.14. The van der Waals surface area contributed by atoms with E-state index in [0.29, 0.717) is 0 Å². The molecule has 0 aliphatic carbocycles. The lowest BCUT2D eigenvalue weighted by atomic mass is 10.1. The van der Waals surface area contributed by atoms with Crippen molar-refractivity contribution in [3.63, 3.8) is 0 Å². The maximum atomic E-state index is 10.9. The van der Waals surface area contributed by atoms with Gasteiger partial charge in [0.2, 0.25) is 0 Å². The van der Waals surface area contributed by atoms with Crippen LogP contribution in [0.5, 0.6) is 0 Å². The SMILES string of the molecule is CC(S)(Cc1ccccc1)S(=O)(=O)O. The van der Waals surface area contributed by atoms with Crippen LogP contribution < -0.4 is 0 Å². The second-order valence-corrected chi connectivity index (χ2v) is 6.45. The van der Waals surface area contributed by atoms with Crippen molar-refractivity contribution in [3.8, 4) is 0 Å². The van der Waals surface area contributed by atoms with E-state index in [9.17, 15) is 8.42 Å². The molecule has 1 rings (SSSR count). The van der Waals surface area contributed by atoms with Crippen LogP contribution in [0, 0.1) is 0 Å². The number of thiol groups is 1. The fraction of sp³-hybridized carbons (Fsp3) is 0.333. The van der Waals surface area contributed by atoms with Crippen molar-refractivity contribution < 1.29 is 13.0 Å². The molecule has 1 unspecified atom stereocenters. The highest BCUT2D eigenvalue weighted by molar-refractivity contribution is 8.03. The van der Waals surface area contributed by atoms with Crippen LogP contribution in [0.4, 0.5) is 0 Å². The van der Waals surface area contributed by atoms with E-state index in [1.807, 2.05) is 18.2 Å². The van der Waals surface area contributed by atoms with Gasteiger partial charge < -0.3 is 0 Å². The highest BCUT2D eigenvalue weighted by atomic mass is 32.3. The molecule has 0 aliphatic heterocycles. The quantitative estimate of drug-likeness (QED) is 0.617. The molecule has 78 valence electrons. The topological polar surface area (TPSA) is 54.4 Å². The first-order chi connectivity index (χ1) is 6.33. The Bertz CT molecular complexity index is 395. The molecule has 0 bridgehead atoms. The Kier molecular flexibility index (Phi) is 3.24. The van der Waals surface area contributed by atoms with Gasteiger partial charge in [0.15, 0.2) is 0 Å². The van der Waals surface area contributed by atoms with Gasteiger partial charge >= 0.3 is 0 Å². The van der Waals surface area contributed by atoms with E-state index in [4.69, 9.17) is 4.55 Å². The summed E-state index contributed by atoms with van der Waals surface area (Å²) in [6, 6.07) is 9.04. The van der Waals surface area contributed by atoms with Crippen molar-refractivity contribution in [3.05, 3.63) is 35.9 Å². The van der Waals surface area contributed by atoms with Crippen LogP contribution in [-0.4, -0.2) is 17.0 Å². The minimum Gasteiger partial charge on any atom is -0.284 e. The highest BCUT2D eigenvalue weighted by Crippen LogP contribution is 2.25. The van der Waals surface area contributed by atoms with E-state index < -0.39 is 14.2 Å². The molecule has 0 aliphatic rings. The predicted octanol–water partition coefficient (Wildman–Crippen LogP) is 1.76. The Morgan fingerprint density at radius 3 is 2.29 bits per heavy atom. The van der Waals surface area contributed by atoms with Gasteiger partial charge in [0.25, 0.3) is 10.1 Å². The average Bonchev–Trinajstić information content (AvgIpc) is 2.03. The second kappa shape index (κ2) is 3.92.